The van der Waals surface area contributed by atoms with E-state index >= 15 is 0 Å². The summed E-state index contributed by atoms with van der Waals surface area (Å²) in [5.74, 6) is 1.25. The summed E-state index contributed by atoms with van der Waals surface area (Å²) in [5, 5.41) is 8.93. The molecule has 9 heteroatoms. The first kappa shape index (κ1) is 17.4. The van der Waals surface area contributed by atoms with Crippen LogP contribution in [0.25, 0.3) is 11.0 Å². The first-order valence-corrected chi connectivity index (χ1v) is 9.18. The molecule has 1 fully saturated rings. The molecule has 4 heterocycles. The van der Waals surface area contributed by atoms with E-state index in [4.69, 9.17) is 0 Å². The van der Waals surface area contributed by atoms with Gasteiger partial charge in [0.1, 0.15) is 12.1 Å². The van der Waals surface area contributed by atoms with Gasteiger partial charge in [0.05, 0.1) is 17.1 Å². The lowest BCUT2D eigenvalue weighted by atomic mass is 10.1. The van der Waals surface area contributed by atoms with Crippen molar-refractivity contribution in [2.75, 3.05) is 23.3 Å². The second kappa shape index (κ2) is 6.64. The number of aromatic nitrogens is 6. The molecule has 1 aliphatic heterocycles. The molecule has 0 saturated carbocycles. The van der Waals surface area contributed by atoms with E-state index < -0.39 is 0 Å². The van der Waals surface area contributed by atoms with Crippen LogP contribution in [0, 0.1) is 0 Å². The molecule has 1 aliphatic rings. The third-order valence-electron chi connectivity index (χ3n) is 4.75. The maximum Gasteiger partial charge on any atom is 0.290 e. The summed E-state index contributed by atoms with van der Waals surface area (Å²) in [7, 11) is 0. The highest BCUT2D eigenvalue weighted by Gasteiger charge is 2.25. The first-order valence-electron chi connectivity index (χ1n) is 9.18. The van der Waals surface area contributed by atoms with Crippen LogP contribution in [0.2, 0.25) is 0 Å². The fourth-order valence-electron chi connectivity index (χ4n) is 3.50. The first-order chi connectivity index (χ1) is 12.9. The van der Waals surface area contributed by atoms with Gasteiger partial charge in [-0.05, 0) is 33.6 Å². The number of H-pyrrole nitrogens is 1. The van der Waals surface area contributed by atoms with Gasteiger partial charge in [0.25, 0.3) is 5.56 Å². The second-order valence-corrected chi connectivity index (χ2v) is 7.86. The molecule has 0 aliphatic carbocycles. The molecule has 0 bridgehead atoms. The zero-order valence-electron chi connectivity index (χ0n) is 15.8. The fourth-order valence-corrected chi connectivity index (χ4v) is 3.50. The van der Waals surface area contributed by atoms with Crippen molar-refractivity contribution in [3.05, 3.63) is 35.3 Å². The van der Waals surface area contributed by atoms with Gasteiger partial charge in [-0.15, -0.1) is 0 Å². The molecule has 27 heavy (non-hydrogen) atoms. The summed E-state index contributed by atoms with van der Waals surface area (Å²) in [6.07, 6.45) is 8.52. The van der Waals surface area contributed by atoms with Gasteiger partial charge in [-0.3, -0.25) is 4.79 Å². The Labute approximate surface area is 156 Å². The maximum atomic E-state index is 12.0. The zero-order valence-corrected chi connectivity index (χ0v) is 15.8. The minimum absolute atomic E-state index is 0.158. The van der Waals surface area contributed by atoms with Gasteiger partial charge in [0.15, 0.2) is 11.5 Å². The Hall–Kier alpha value is -2.97. The smallest absolute Gasteiger partial charge is 0.290 e. The molecule has 2 N–H and O–H groups in total. The standard InChI is InChI=1S/C18H24N8O/c1-18(2,3)26-15-13(9-23-26)14(21-11-22-15)24-12-5-4-8-25(10-12)16-17(27)20-7-6-19-16/h6-7,9,11-12H,4-5,8,10H2,1-3H3,(H,20,27)(H,21,22,24)/t12-/m1/s1. The molecule has 1 saturated heterocycles. The second-order valence-electron chi connectivity index (χ2n) is 7.86. The van der Waals surface area contributed by atoms with Gasteiger partial charge in [-0.25, -0.2) is 19.6 Å². The third kappa shape index (κ3) is 3.36. The van der Waals surface area contributed by atoms with E-state index in [0.717, 1.165) is 36.2 Å². The summed E-state index contributed by atoms with van der Waals surface area (Å²) in [4.78, 5) is 29.9. The molecule has 0 amide bonds. The molecule has 1 atom stereocenters. The van der Waals surface area contributed by atoms with Crippen LogP contribution >= 0.6 is 0 Å². The molecule has 0 radical (unpaired) electrons. The Morgan fingerprint density at radius 2 is 2.11 bits per heavy atom. The predicted octanol–water partition coefficient (Wildman–Crippen LogP) is 1.75. The van der Waals surface area contributed by atoms with Gasteiger partial charge in [0.2, 0.25) is 0 Å². The number of nitrogens with zero attached hydrogens (tertiary/aromatic N) is 6. The Morgan fingerprint density at radius 1 is 1.26 bits per heavy atom. The maximum absolute atomic E-state index is 12.0. The Morgan fingerprint density at radius 3 is 2.89 bits per heavy atom. The van der Waals surface area contributed by atoms with Gasteiger partial charge in [-0.1, -0.05) is 0 Å². The predicted molar refractivity (Wildman–Crippen MR) is 104 cm³/mol. The average Bonchev–Trinajstić information content (AvgIpc) is 3.08. The highest BCUT2D eigenvalue weighted by molar-refractivity contribution is 5.86. The lowest BCUT2D eigenvalue weighted by Crippen LogP contribution is -2.44. The SMILES string of the molecule is CC(C)(C)n1ncc2c(N[C@@H]3CCCN(c4ncc[nH]c4=O)C3)ncnc21. The van der Waals surface area contributed by atoms with Crippen LogP contribution < -0.4 is 15.8 Å². The van der Waals surface area contributed by atoms with Crippen molar-refractivity contribution in [3.63, 3.8) is 0 Å². The van der Waals surface area contributed by atoms with E-state index in [9.17, 15) is 4.79 Å². The van der Waals surface area contributed by atoms with Crippen molar-refractivity contribution in [1.29, 1.82) is 0 Å². The number of nitrogens with one attached hydrogen (secondary N) is 2. The Balaban J connectivity index is 1.58. The summed E-state index contributed by atoms with van der Waals surface area (Å²) in [5.41, 5.74) is 0.498. The van der Waals surface area contributed by atoms with Crippen LogP contribution in [0.4, 0.5) is 11.6 Å². The molecular weight excluding hydrogens is 344 g/mol. The lowest BCUT2D eigenvalue weighted by Gasteiger charge is -2.33. The van der Waals surface area contributed by atoms with E-state index in [0.29, 0.717) is 12.4 Å². The number of fused-ring (bicyclic) bond motifs is 1. The van der Waals surface area contributed by atoms with E-state index in [1.54, 1.807) is 18.7 Å². The summed E-state index contributed by atoms with van der Waals surface area (Å²) in [6.45, 7) is 7.80. The molecule has 4 rings (SSSR count). The quantitative estimate of drug-likeness (QED) is 0.725. The van der Waals surface area contributed by atoms with Crippen LogP contribution in [0.15, 0.2) is 29.7 Å². The normalized spacial score (nSPS) is 18.0. The van der Waals surface area contributed by atoms with Gasteiger partial charge < -0.3 is 15.2 Å². The monoisotopic (exact) mass is 368 g/mol. The molecule has 3 aromatic rings. The van der Waals surface area contributed by atoms with Crippen LogP contribution in [-0.2, 0) is 5.54 Å². The minimum atomic E-state index is -0.158. The van der Waals surface area contributed by atoms with Crippen LogP contribution in [0.5, 0.6) is 0 Å². The number of piperidine rings is 1. The molecule has 9 nitrogen and oxygen atoms in total. The van der Waals surface area contributed by atoms with Crippen LogP contribution in [0.3, 0.4) is 0 Å². The summed E-state index contributed by atoms with van der Waals surface area (Å²) < 4.78 is 1.91. The van der Waals surface area contributed by atoms with Crippen molar-refractivity contribution in [1.82, 2.24) is 29.7 Å². The highest BCUT2D eigenvalue weighted by Crippen LogP contribution is 2.25. The highest BCUT2D eigenvalue weighted by atomic mass is 16.1. The Kier molecular flexibility index (Phi) is 4.29. The largest absolute Gasteiger partial charge is 0.365 e. The van der Waals surface area contributed by atoms with Crippen molar-refractivity contribution >= 4 is 22.7 Å². The van der Waals surface area contributed by atoms with E-state index in [1.807, 2.05) is 15.8 Å². The molecule has 3 aromatic heterocycles. The van der Waals surface area contributed by atoms with Gasteiger partial charge in [0, 0.05) is 31.5 Å². The number of hydrogen-bond acceptors (Lipinski definition) is 7. The van der Waals surface area contributed by atoms with Gasteiger partial charge in [-0.2, -0.15) is 5.10 Å². The topological polar surface area (TPSA) is 105 Å². The molecule has 0 unspecified atom stereocenters. The molecule has 0 aromatic carbocycles. The van der Waals surface area contributed by atoms with Crippen LogP contribution in [0.1, 0.15) is 33.6 Å². The third-order valence-corrected chi connectivity index (χ3v) is 4.75. The van der Waals surface area contributed by atoms with Crippen molar-refractivity contribution in [3.8, 4) is 0 Å². The van der Waals surface area contributed by atoms with Crippen LogP contribution in [-0.4, -0.2) is 48.8 Å². The van der Waals surface area contributed by atoms with Gasteiger partial charge >= 0.3 is 0 Å². The number of aromatic amines is 1. The fraction of sp³-hybridized carbons (Fsp3) is 0.500. The minimum Gasteiger partial charge on any atom is -0.365 e. The summed E-state index contributed by atoms with van der Waals surface area (Å²) in [6, 6.07) is 0.163. The van der Waals surface area contributed by atoms with Crippen molar-refractivity contribution < 1.29 is 0 Å². The van der Waals surface area contributed by atoms with E-state index in [2.05, 4.69) is 51.1 Å². The average molecular weight is 368 g/mol. The number of rotatable bonds is 3. The number of anilines is 2. The molecular formula is C18H24N8O. The van der Waals surface area contributed by atoms with E-state index in [1.165, 1.54) is 0 Å². The van der Waals surface area contributed by atoms with Crippen molar-refractivity contribution in [2.45, 2.75) is 45.2 Å². The molecule has 142 valence electrons. The number of hydrogen-bond donors (Lipinski definition) is 2. The lowest BCUT2D eigenvalue weighted by molar-refractivity contribution is 0.366. The Bertz CT molecular complexity index is 1000. The summed E-state index contributed by atoms with van der Waals surface area (Å²) >= 11 is 0. The zero-order chi connectivity index (χ0) is 19.0. The van der Waals surface area contributed by atoms with E-state index in [-0.39, 0.29) is 17.1 Å². The van der Waals surface area contributed by atoms with Crippen molar-refractivity contribution in [2.24, 2.45) is 0 Å². The molecule has 0 spiro atoms.